The Balaban J connectivity index is 0.00000608. The number of hydrogen-bond donors (Lipinski definition) is 4. The van der Waals surface area contributed by atoms with Crippen LogP contribution >= 0.6 is 11.8 Å². The standard InChI is InChI=1S/C51H71N11O3S.H2/c1-5-6-8-36-24-40(13-10-37(36)28-52)65-39-14-11-38(12-15-39)57-49(63)42-17-18-44(60-59-42)61-21-7-19-51(30-61)26-35(27-51)23-34-9-16-41(56-29-34)47-46-31(2)32(3)66-50(46)62(33(4)53)48(54)43(58-47)25-45-55-20-22-64-45;/h9-10,13,16-18,24,29,31-33,35,38-39,43,45-46,48,50,55H,5-8,11-12,14-15,19-23,25-27,30,53-54H2,1-4H3,(H,57,63);1H. The molecule has 6 N–H and O–H groups in total. The van der Waals surface area contributed by atoms with E-state index in [0.29, 0.717) is 35.8 Å². The maximum absolute atomic E-state index is 13.3. The number of fused-ring (bicyclic) bond motifs is 1. The Morgan fingerprint density at radius 2 is 1.98 bits per heavy atom. The highest BCUT2D eigenvalue weighted by Gasteiger charge is 2.51. The van der Waals surface area contributed by atoms with Crippen molar-refractivity contribution >= 4 is 29.2 Å². The molecule has 1 spiro atoms. The normalized spacial score (nSPS) is 32.7. The number of nitrogens with one attached hydrogen (secondary N) is 2. The number of nitriles is 1. The number of pyridine rings is 1. The number of benzene rings is 1. The Labute approximate surface area is 397 Å². The molecule has 2 saturated carbocycles. The minimum absolute atomic E-state index is 0. The number of ether oxygens (including phenoxy) is 2. The van der Waals surface area contributed by atoms with Gasteiger partial charge in [0.05, 0.1) is 59.5 Å². The van der Waals surface area contributed by atoms with Crippen LogP contribution < -0.4 is 31.7 Å². The largest absolute Gasteiger partial charge is 0.490 e. The van der Waals surface area contributed by atoms with Gasteiger partial charge in [0, 0.05) is 50.9 Å². The highest BCUT2D eigenvalue weighted by atomic mass is 32.2. The molecule has 6 heterocycles. The van der Waals surface area contributed by atoms with Gasteiger partial charge in [0.1, 0.15) is 12.0 Å². The van der Waals surface area contributed by atoms with Crippen molar-refractivity contribution in [2.45, 2.75) is 159 Å². The lowest BCUT2D eigenvalue weighted by molar-refractivity contribution is 0.0383. The molecule has 1 amide bonds. The number of aryl methyl sites for hydroxylation is 1. The van der Waals surface area contributed by atoms with Gasteiger partial charge in [-0.05, 0) is 142 Å². The van der Waals surface area contributed by atoms with Gasteiger partial charge in [-0.3, -0.25) is 25.0 Å². The number of aromatic nitrogens is 3. The molecule has 1 aromatic carbocycles. The second-order valence-electron chi connectivity index (χ2n) is 20.4. The van der Waals surface area contributed by atoms with Crippen LogP contribution in [0.15, 0.2) is 53.7 Å². The molecule has 5 fully saturated rings. The first-order valence-corrected chi connectivity index (χ1v) is 25.8. The van der Waals surface area contributed by atoms with Gasteiger partial charge in [0.25, 0.3) is 5.91 Å². The van der Waals surface area contributed by atoms with Crippen LogP contribution in [0.4, 0.5) is 5.82 Å². The quantitative estimate of drug-likeness (QED) is 0.132. The summed E-state index contributed by atoms with van der Waals surface area (Å²) in [5.74, 6) is 2.68. The number of carbonyl (C=O) groups excluding carboxylic acids is 1. The molecule has 0 bridgehead atoms. The van der Waals surface area contributed by atoms with E-state index >= 15 is 0 Å². The van der Waals surface area contributed by atoms with Crippen molar-refractivity contribution in [2.75, 3.05) is 31.1 Å². The lowest BCUT2D eigenvalue weighted by Crippen LogP contribution is -2.59. The Kier molecular flexibility index (Phi) is 14.6. The average Bonchev–Trinajstić information content (AvgIpc) is 3.91. The van der Waals surface area contributed by atoms with Gasteiger partial charge in [-0.15, -0.1) is 22.0 Å². The number of aliphatic imine (C=N–C) groups is 1. The van der Waals surface area contributed by atoms with Gasteiger partial charge in [-0.2, -0.15) is 5.26 Å². The maximum Gasteiger partial charge on any atom is 0.272 e. The lowest BCUT2D eigenvalue weighted by atomic mass is 9.57. The second kappa shape index (κ2) is 20.6. The van der Waals surface area contributed by atoms with Crippen molar-refractivity contribution in [3.8, 4) is 11.8 Å². The van der Waals surface area contributed by atoms with Gasteiger partial charge >= 0.3 is 0 Å². The summed E-state index contributed by atoms with van der Waals surface area (Å²) in [5, 5.41) is 25.8. The fraction of sp³-hybridized carbons (Fsp3) is 0.647. The molecule has 2 aliphatic carbocycles. The molecule has 3 saturated heterocycles. The summed E-state index contributed by atoms with van der Waals surface area (Å²) in [6.45, 7) is 12.3. The summed E-state index contributed by atoms with van der Waals surface area (Å²) >= 11 is 1.97. The molecule has 0 radical (unpaired) electrons. The zero-order valence-electron chi connectivity index (χ0n) is 39.4. The molecule has 14 nitrogen and oxygen atoms in total. The van der Waals surface area contributed by atoms with Crippen molar-refractivity contribution < 1.29 is 15.7 Å². The fourth-order valence-corrected chi connectivity index (χ4v) is 13.8. The Morgan fingerprint density at radius 1 is 1.15 bits per heavy atom. The summed E-state index contributed by atoms with van der Waals surface area (Å²) in [7, 11) is 0. The monoisotopic (exact) mass is 920 g/mol. The number of rotatable bonds is 14. The third kappa shape index (κ3) is 10.3. The first-order valence-electron chi connectivity index (χ1n) is 24.9. The second-order valence-corrected chi connectivity index (χ2v) is 21.9. The van der Waals surface area contributed by atoms with Crippen molar-refractivity contribution in [2.24, 2.45) is 39.6 Å². The zero-order chi connectivity index (χ0) is 46.0. The third-order valence-corrected chi connectivity index (χ3v) is 17.2. The minimum atomic E-state index is -0.319. The molecule has 8 unspecified atom stereocenters. The van der Waals surface area contributed by atoms with Crippen LogP contribution in [0.5, 0.6) is 5.75 Å². The third-order valence-electron chi connectivity index (χ3n) is 15.6. The summed E-state index contributed by atoms with van der Waals surface area (Å²) < 4.78 is 12.3. The Bertz CT molecular complexity index is 2210. The van der Waals surface area contributed by atoms with Crippen LogP contribution in [0, 0.1) is 34.5 Å². The summed E-state index contributed by atoms with van der Waals surface area (Å²) in [5.41, 5.74) is 19.4. The van der Waals surface area contributed by atoms with Gasteiger partial charge in [-0.25, -0.2) is 0 Å². The number of amides is 1. The van der Waals surface area contributed by atoms with E-state index in [1.54, 1.807) is 0 Å². The molecular weight excluding hydrogens is 847 g/mol. The molecule has 356 valence electrons. The van der Waals surface area contributed by atoms with E-state index in [-0.39, 0.29) is 60.8 Å². The number of unbranched alkanes of at least 4 members (excludes halogenated alkanes) is 1. The molecule has 6 aliphatic rings. The molecule has 8 atom stereocenters. The first kappa shape index (κ1) is 46.9. The van der Waals surface area contributed by atoms with Crippen LogP contribution in [0.2, 0.25) is 0 Å². The summed E-state index contributed by atoms with van der Waals surface area (Å²) in [6, 6.07) is 16.3. The van der Waals surface area contributed by atoms with Crippen molar-refractivity contribution in [1.29, 1.82) is 5.26 Å². The SMILES string of the molecule is CCCCc1cc(OC2CCC(NC(=O)c3ccc(N4CCCC5(CC(Cc6ccc(C7=NC(CC8NCCO8)C(N)N(C(C)N)C8SC(C)C(C)C78)nc6)C5)C4)nn3)CC2)ccc1C#N.[HH]. The molecule has 4 aliphatic heterocycles. The topological polar surface area (TPSA) is 193 Å². The molecular formula is C51H73N11O3S. The highest BCUT2D eigenvalue weighted by Crippen LogP contribution is 2.53. The number of anilines is 1. The molecule has 3 aromatic rings. The summed E-state index contributed by atoms with van der Waals surface area (Å²) in [6.07, 6.45) is 14.4. The van der Waals surface area contributed by atoms with Crippen LogP contribution in [-0.2, 0) is 17.6 Å². The smallest absolute Gasteiger partial charge is 0.272 e. The van der Waals surface area contributed by atoms with E-state index < -0.39 is 0 Å². The highest BCUT2D eigenvalue weighted by molar-refractivity contribution is 8.00. The Hall–Kier alpha value is -4.17. The van der Waals surface area contributed by atoms with E-state index in [1.165, 1.54) is 24.8 Å². The van der Waals surface area contributed by atoms with Crippen molar-refractivity contribution in [1.82, 2.24) is 30.7 Å². The van der Waals surface area contributed by atoms with Crippen molar-refractivity contribution in [3.05, 3.63) is 76.7 Å². The molecule has 2 aromatic heterocycles. The van der Waals surface area contributed by atoms with Gasteiger partial charge in [-0.1, -0.05) is 33.3 Å². The van der Waals surface area contributed by atoms with E-state index in [9.17, 15) is 10.1 Å². The van der Waals surface area contributed by atoms with E-state index in [2.05, 4.69) is 75.8 Å². The van der Waals surface area contributed by atoms with Gasteiger partial charge in [0.15, 0.2) is 11.5 Å². The van der Waals surface area contributed by atoms with E-state index in [4.69, 9.17) is 30.9 Å². The minimum Gasteiger partial charge on any atom is -0.490 e. The first-order chi connectivity index (χ1) is 32.0. The predicted molar refractivity (Wildman–Crippen MR) is 262 cm³/mol. The number of nitrogens with two attached hydrogens (primary N) is 2. The number of piperidine rings is 1. The van der Waals surface area contributed by atoms with Crippen LogP contribution in [-0.4, -0.2) is 105 Å². The Morgan fingerprint density at radius 3 is 2.68 bits per heavy atom. The zero-order valence-corrected chi connectivity index (χ0v) is 40.2. The number of carbonyl (C=O) groups is 1. The molecule has 9 rings (SSSR count). The predicted octanol–water partition coefficient (Wildman–Crippen LogP) is 6.80. The fourth-order valence-electron chi connectivity index (χ4n) is 11.9. The van der Waals surface area contributed by atoms with E-state index in [0.717, 1.165) is 112 Å². The number of hydrogen-bond acceptors (Lipinski definition) is 14. The molecule has 66 heavy (non-hydrogen) atoms. The van der Waals surface area contributed by atoms with Gasteiger partial charge in [0.2, 0.25) is 0 Å². The molecule has 15 heteroatoms. The van der Waals surface area contributed by atoms with Gasteiger partial charge < -0.3 is 31.2 Å². The number of nitrogens with zero attached hydrogens (tertiary/aromatic N) is 7. The average molecular weight is 920 g/mol. The lowest BCUT2D eigenvalue weighted by Gasteiger charge is -2.53. The van der Waals surface area contributed by atoms with Crippen LogP contribution in [0.3, 0.4) is 0 Å². The summed E-state index contributed by atoms with van der Waals surface area (Å²) in [4.78, 5) is 28.6. The van der Waals surface area contributed by atoms with Crippen molar-refractivity contribution in [3.63, 3.8) is 0 Å². The maximum atomic E-state index is 13.3. The van der Waals surface area contributed by atoms with Crippen LogP contribution in [0.25, 0.3) is 0 Å². The number of thioether (sulfide) groups is 1. The van der Waals surface area contributed by atoms with E-state index in [1.807, 2.05) is 49.0 Å². The van der Waals surface area contributed by atoms with Crippen LogP contribution in [0.1, 0.15) is 133 Å².